The Morgan fingerprint density at radius 3 is 2.77 bits per heavy atom. The molecule has 1 N–H and O–H groups in total. The van der Waals surface area contributed by atoms with Gasteiger partial charge in [-0.15, -0.1) is 11.3 Å². The Morgan fingerprint density at radius 2 is 2.14 bits per heavy atom. The summed E-state index contributed by atoms with van der Waals surface area (Å²) in [4.78, 5) is 32.0. The van der Waals surface area contributed by atoms with Gasteiger partial charge in [0.15, 0.2) is 4.34 Å². The number of pyridine rings is 1. The first kappa shape index (κ1) is 16.4. The normalized spacial score (nSPS) is 10.5. The van der Waals surface area contributed by atoms with Crippen molar-refractivity contribution < 1.29 is 19.4 Å². The summed E-state index contributed by atoms with van der Waals surface area (Å²) in [6.45, 7) is 3.57. The van der Waals surface area contributed by atoms with Crippen molar-refractivity contribution in [1.29, 1.82) is 0 Å². The molecule has 0 unspecified atom stereocenters. The molecule has 0 saturated carbocycles. The predicted molar refractivity (Wildman–Crippen MR) is 82.6 cm³/mol. The van der Waals surface area contributed by atoms with E-state index in [1.807, 2.05) is 0 Å². The number of hydrogen-bond donors (Lipinski definition) is 1. The van der Waals surface area contributed by atoms with Crippen LogP contribution in [0.1, 0.15) is 26.5 Å². The zero-order chi connectivity index (χ0) is 16.3. The summed E-state index contributed by atoms with van der Waals surface area (Å²) in [5.74, 6) is -1.35. The number of aliphatic carboxylic acids is 1. The zero-order valence-electron chi connectivity index (χ0n) is 12.2. The molecule has 8 heteroatoms. The van der Waals surface area contributed by atoms with E-state index in [0.29, 0.717) is 25.5 Å². The molecule has 2 rings (SSSR count). The molecule has 0 atom stereocenters. The van der Waals surface area contributed by atoms with Crippen molar-refractivity contribution in [3.63, 3.8) is 0 Å². The van der Waals surface area contributed by atoms with E-state index in [-0.39, 0.29) is 6.42 Å². The van der Waals surface area contributed by atoms with Crippen LogP contribution < -0.4 is 0 Å². The highest BCUT2D eigenvalue weighted by atomic mass is 32.2. The van der Waals surface area contributed by atoms with E-state index >= 15 is 0 Å². The number of ether oxygens (including phenoxy) is 1. The Hall–Kier alpha value is -1.93. The average molecular weight is 338 g/mol. The van der Waals surface area contributed by atoms with Gasteiger partial charge in [-0.2, -0.15) is 0 Å². The van der Waals surface area contributed by atoms with Gasteiger partial charge < -0.3 is 9.84 Å². The van der Waals surface area contributed by atoms with Crippen molar-refractivity contribution in [3.8, 4) is 0 Å². The number of methoxy groups -OCH3 is 1. The number of carboxylic acids is 1. The van der Waals surface area contributed by atoms with E-state index in [1.165, 1.54) is 30.2 Å². The average Bonchev–Trinajstić information content (AvgIpc) is 2.77. The molecule has 0 aliphatic rings. The van der Waals surface area contributed by atoms with Crippen LogP contribution in [0.2, 0.25) is 0 Å². The summed E-state index contributed by atoms with van der Waals surface area (Å²) in [5.41, 5.74) is 1.85. The maximum Gasteiger partial charge on any atom is 0.340 e. The molecule has 0 saturated heterocycles. The Morgan fingerprint density at radius 1 is 1.41 bits per heavy atom. The molecule has 0 aromatic carbocycles. The van der Waals surface area contributed by atoms with Gasteiger partial charge in [0.05, 0.1) is 24.8 Å². The number of thiazole rings is 1. The number of nitrogens with zero attached hydrogens (tertiary/aromatic N) is 2. The Labute approximate surface area is 135 Å². The third kappa shape index (κ3) is 3.63. The van der Waals surface area contributed by atoms with Gasteiger partial charge in [-0.3, -0.25) is 4.79 Å². The minimum Gasteiger partial charge on any atom is -0.481 e. The molecule has 0 amide bonds. The molecule has 2 aromatic heterocycles. The number of rotatable bonds is 5. The zero-order valence-corrected chi connectivity index (χ0v) is 13.9. The van der Waals surface area contributed by atoms with Gasteiger partial charge in [0.2, 0.25) is 0 Å². The van der Waals surface area contributed by atoms with Crippen LogP contribution in [-0.2, 0) is 16.0 Å². The maximum absolute atomic E-state index is 11.9. The van der Waals surface area contributed by atoms with E-state index in [4.69, 9.17) is 9.84 Å². The molecule has 6 nitrogen and oxygen atoms in total. The van der Waals surface area contributed by atoms with Gasteiger partial charge in [-0.25, -0.2) is 14.8 Å². The first-order valence-electron chi connectivity index (χ1n) is 6.32. The number of aryl methyl sites for hydroxylation is 2. The third-order valence-corrected chi connectivity index (χ3v) is 5.10. The van der Waals surface area contributed by atoms with Crippen molar-refractivity contribution in [3.05, 3.63) is 34.0 Å². The largest absolute Gasteiger partial charge is 0.481 e. The monoisotopic (exact) mass is 338 g/mol. The van der Waals surface area contributed by atoms with Crippen molar-refractivity contribution in [1.82, 2.24) is 9.97 Å². The molecule has 0 fully saturated rings. The Kier molecular flexibility index (Phi) is 5.15. The van der Waals surface area contributed by atoms with Gasteiger partial charge >= 0.3 is 11.9 Å². The molecule has 0 aliphatic heterocycles. The molecule has 22 heavy (non-hydrogen) atoms. The van der Waals surface area contributed by atoms with Crippen LogP contribution in [0.4, 0.5) is 0 Å². The smallest absolute Gasteiger partial charge is 0.340 e. The molecule has 2 heterocycles. The van der Waals surface area contributed by atoms with E-state index in [2.05, 4.69) is 9.97 Å². The Bertz CT molecular complexity index is 728. The van der Waals surface area contributed by atoms with Crippen molar-refractivity contribution in [2.45, 2.75) is 29.6 Å². The SMILES string of the molecule is COC(=O)c1c(C)ccnc1Sc1nc(C)c(CC(=O)O)s1. The summed E-state index contributed by atoms with van der Waals surface area (Å²) in [6.07, 6.45) is 1.55. The fraction of sp³-hybridized carbons (Fsp3) is 0.286. The Balaban J connectivity index is 2.33. The second-order valence-corrected chi connectivity index (χ2v) is 6.78. The van der Waals surface area contributed by atoms with Crippen molar-refractivity contribution in [2.24, 2.45) is 0 Å². The standard InChI is InChI=1S/C14H14N2O4S2/c1-7-4-5-15-12(11(7)13(19)20-3)22-14-16-8(2)9(21-14)6-10(17)18/h4-5H,6H2,1-3H3,(H,17,18). The highest BCUT2D eigenvalue weighted by Crippen LogP contribution is 2.34. The van der Waals surface area contributed by atoms with Crippen LogP contribution in [-0.4, -0.2) is 34.1 Å². The van der Waals surface area contributed by atoms with Crippen LogP contribution in [0, 0.1) is 13.8 Å². The van der Waals surface area contributed by atoms with E-state index < -0.39 is 11.9 Å². The van der Waals surface area contributed by atoms with E-state index in [9.17, 15) is 9.59 Å². The van der Waals surface area contributed by atoms with Crippen LogP contribution in [0.5, 0.6) is 0 Å². The molecule has 0 bridgehead atoms. The van der Waals surface area contributed by atoms with Crippen LogP contribution in [0.25, 0.3) is 0 Å². The molecular formula is C14H14N2O4S2. The molecule has 0 spiro atoms. The van der Waals surface area contributed by atoms with Gasteiger partial charge in [-0.1, -0.05) is 0 Å². The lowest BCUT2D eigenvalue weighted by molar-refractivity contribution is -0.136. The number of carbonyl (C=O) groups is 2. The minimum absolute atomic E-state index is 0.0604. The first-order valence-corrected chi connectivity index (χ1v) is 7.95. The fourth-order valence-corrected chi connectivity index (χ4v) is 4.09. The van der Waals surface area contributed by atoms with Crippen LogP contribution >= 0.6 is 23.1 Å². The summed E-state index contributed by atoms with van der Waals surface area (Å²) in [6, 6.07) is 1.74. The third-order valence-electron chi connectivity index (χ3n) is 2.88. The molecule has 116 valence electrons. The molecule has 0 radical (unpaired) electrons. The topological polar surface area (TPSA) is 89.4 Å². The fourth-order valence-electron chi connectivity index (χ4n) is 1.79. The van der Waals surface area contributed by atoms with Gasteiger partial charge in [-0.05, 0) is 37.2 Å². The van der Waals surface area contributed by atoms with E-state index in [0.717, 1.165) is 5.56 Å². The lowest BCUT2D eigenvalue weighted by atomic mass is 10.2. The lowest BCUT2D eigenvalue weighted by Gasteiger charge is -2.07. The highest BCUT2D eigenvalue weighted by Gasteiger charge is 2.19. The van der Waals surface area contributed by atoms with Crippen molar-refractivity contribution >= 4 is 35.0 Å². The molecular weight excluding hydrogens is 324 g/mol. The molecule has 0 aliphatic carbocycles. The maximum atomic E-state index is 11.9. The number of carboxylic acid groups (broad SMARTS) is 1. The number of esters is 1. The minimum atomic E-state index is -0.896. The van der Waals surface area contributed by atoms with Gasteiger partial charge in [0.1, 0.15) is 5.03 Å². The highest BCUT2D eigenvalue weighted by molar-refractivity contribution is 8.01. The first-order chi connectivity index (χ1) is 10.4. The van der Waals surface area contributed by atoms with Gasteiger partial charge in [0, 0.05) is 11.1 Å². The lowest BCUT2D eigenvalue weighted by Crippen LogP contribution is -2.07. The van der Waals surface area contributed by atoms with Gasteiger partial charge in [0.25, 0.3) is 0 Å². The predicted octanol–water partition coefficient (Wildman–Crippen LogP) is 2.72. The van der Waals surface area contributed by atoms with Crippen LogP contribution in [0.15, 0.2) is 21.6 Å². The van der Waals surface area contributed by atoms with Crippen molar-refractivity contribution in [2.75, 3.05) is 7.11 Å². The number of hydrogen-bond acceptors (Lipinski definition) is 7. The second-order valence-electron chi connectivity index (χ2n) is 4.46. The summed E-state index contributed by atoms with van der Waals surface area (Å²) in [5, 5.41) is 9.38. The number of carbonyl (C=O) groups excluding carboxylic acids is 1. The summed E-state index contributed by atoms with van der Waals surface area (Å²) in [7, 11) is 1.32. The molecule has 2 aromatic rings. The quantitative estimate of drug-likeness (QED) is 0.838. The summed E-state index contributed by atoms with van der Waals surface area (Å²) >= 11 is 2.53. The van der Waals surface area contributed by atoms with Crippen LogP contribution in [0.3, 0.4) is 0 Å². The summed E-state index contributed by atoms with van der Waals surface area (Å²) < 4.78 is 5.44. The van der Waals surface area contributed by atoms with E-state index in [1.54, 1.807) is 26.1 Å². The number of aromatic nitrogens is 2. The second kappa shape index (κ2) is 6.89.